The zero-order chi connectivity index (χ0) is 13.0. The van der Waals surface area contributed by atoms with Crippen molar-refractivity contribution >= 4 is 16.7 Å². The maximum Gasteiger partial charge on any atom is 0.327 e. The Balaban J connectivity index is 2.52. The third-order valence-electron chi connectivity index (χ3n) is 2.79. The number of nitriles is 1. The van der Waals surface area contributed by atoms with Gasteiger partial charge in [-0.15, -0.1) is 0 Å². The van der Waals surface area contributed by atoms with Gasteiger partial charge in [0.25, 0.3) is 0 Å². The van der Waals surface area contributed by atoms with Gasteiger partial charge in [-0.3, -0.25) is 4.79 Å². The number of carbonyl (C=O) groups excluding carboxylic acids is 1. The van der Waals surface area contributed by atoms with Gasteiger partial charge in [0.2, 0.25) is 0 Å². The fourth-order valence-corrected chi connectivity index (χ4v) is 1.98. The molecule has 0 saturated heterocycles. The Morgan fingerprint density at radius 3 is 2.72 bits per heavy atom. The molecule has 0 aliphatic carbocycles. The maximum atomic E-state index is 11.8. The molecular weight excluding hydrogens is 226 g/mol. The summed E-state index contributed by atoms with van der Waals surface area (Å²) in [6, 6.07) is 15.3. The molecule has 0 radical (unpaired) electrons. The molecule has 1 atom stereocenters. The molecule has 2 aromatic carbocycles. The van der Waals surface area contributed by atoms with Gasteiger partial charge in [-0.05, 0) is 23.3 Å². The predicted molar refractivity (Wildman–Crippen MR) is 68.9 cm³/mol. The summed E-state index contributed by atoms with van der Waals surface area (Å²) in [4.78, 5) is 11.8. The van der Waals surface area contributed by atoms with Crippen LogP contribution in [0.4, 0.5) is 0 Å². The zero-order valence-corrected chi connectivity index (χ0v) is 10.1. The van der Waals surface area contributed by atoms with Crippen LogP contribution in [0, 0.1) is 11.3 Å². The lowest BCUT2D eigenvalue weighted by atomic mass is 9.94. The van der Waals surface area contributed by atoms with Gasteiger partial charge in [0.05, 0.1) is 12.7 Å². The molecule has 3 heteroatoms. The lowest BCUT2D eigenvalue weighted by Gasteiger charge is -2.11. The van der Waals surface area contributed by atoms with Crippen LogP contribution < -0.4 is 0 Å². The molecular formula is C15H13NO2. The molecule has 0 aliphatic heterocycles. The highest BCUT2D eigenvalue weighted by Crippen LogP contribution is 2.26. The molecule has 2 rings (SSSR count). The van der Waals surface area contributed by atoms with Crippen molar-refractivity contribution in [2.75, 3.05) is 6.61 Å². The number of nitrogens with zero attached hydrogens (tertiary/aromatic N) is 1. The van der Waals surface area contributed by atoms with E-state index in [2.05, 4.69) is 0 Å². The molecule has 0 heterocycles. The Bertz CT molecular complexity index is 608. The van der Waals surface area contributed by atoms with Gasteiger partial charge in [0.1, 0.15) is 0 Å². The van der Waals surface area contributed by atoms with Crippen molar-refractivity contribution < 1.29 is 9.53 Å². The highest BCUT2D eigenvalue weighted by Gasteiger charge is 2.23. The van der Waals surface area contributed by atoms with E-state index in [0.29, 0.717) is 5.56 Å². The lowest BCUT2D eigenvalue weighted by molar-refractivity contribution is -0.143. The van der Waals surface area contributed by atoms with E-state index < -0.39 is 11.9 Å². The number of hydrogen-bond donors (Lipinski definition) is 0. The first-order valence-corrected chi connectivity index (χ1v) is 5.82. The monoisotopic (exact) mass is 239 g/mol. The van der Waals surface area contributed by atoms with E-state index in [1.165, 1.54) is 0 Å². The average molecular weight is 239 g/mol. The minimum Gasteiger partial charge on any atom is -0.465 e. The first-order chi connectivity index (χ1) is 8.77. The quantitative estimate of drug-likeness (QED) is 0.773. The Labute approximate surface area is 106 Å². The van der Waals surface area contributed by atoms with E-state index in [9.17, 15) is 10.1 Å². The van der Waals surface area contributed by atoms with Crippen LogP contribution in [-0.2, 0) is 9.53 Å². The second-order valence-electron chi connectivity index (χ2n) is 3.88. The SMILES string of the molecule is CCOC(=O)C(C#N)c1cccc2ccccc12. The molecule has 1 unspecified atom stereocenters. The Kier molecular flexibility index (Phi) is 3.59. The second-order valence-corrected chi connectivity index (χ2v) is 3.88. The van der Waals surface area contributed by atoms with Crippen LogP contribution in [0.15, 0.2) is 42.5 Å². The molecule has 0 fully saturated rings. The predicted octanol–water partition coefficient (Wildman–Crippen LogP) is 3.01. The van der Waals surface area contributed by atoms with Crippen molar-refractivity contribution in [3.05, 3.63) is 48.0 Å². The highest BCUT2D eigenvalue weighted by molar-refractivity contribution is 5.92. The zero-order valence-electron chi connectivity index (χ0n) is 10.1. The molecule has 18 heavy (non-hydrogen) atoms. The fourth-order valence-electron chi connectivity index (χ4n) is 1.98. The molecule has 3 nitrogen and oxygen atoms in total. The third-order valence-corrected chi connectivity index (χ3v) is 2.79. The molecule has 0 bridgehead atoms. The molecule has 0 aliphatic rings. The van der Waals surface area contributed by atoms with Gasteiger partial charge in [0, 0.05) is 0 Å². The maximum absolute atomic E-state index is 11.8. The van der Waals surface area contributed by atoms with Crippen molar-refractivity contribution in [1.29, 1.82) is 5.26 Å². The van der Waals surface area contributed by atoms with Crippen molar-refractivity contribution in [2.45, 2.75) is 12.8 Å². The van der Waals surface area contributed by atoms with E-state index in [-0.39, 0.29) is 6.61 Å². The lowest BCUT2D eigenvalue weighted by Crippen LogP contribution is -2.14. The van der Waals surface area contributed by atoms with Crippen LogP contribution >= 0.6 is 0 Å². The van der Waals surface area contributed by atoms with Crippen LogP contribution in [0.2, 0.25) is 0 Å². The van der Waals surface area contributed by atoms with Gasteiger partial charge in [-0.1, -0.05) is 42.5 Å². The van der Waals surface area contributed by atoms with Crippen molar-refractivity contribution in [1.82, 2.24) is 0 Å². The summed E-state index contributed by atoms with van der Waals surface area (Å²) < 4.78 is 4.94. The van der Waals surface area contributed by atoms with Crippen LogP contribution in [0.25, 0.3) is 10.8 Å². The Morgan fingerprint density at radius 2 is 2.00 bits per heavy atom. The molecule has 0 saturated carbocycles. The number of carbonyl (C=O) groups is 1. The van der Waals surface area contributed by atoms with Crippen LogP contribution in [0.5, 0.6) is 0 Å². The van der Waals surface area contributed by atoms with E-state index in [1.54, 1.807) is 13.0 Å². The van der Waals surface area contributed by atoms with Crippen molar-refractivity contribution in [2.24, 2.45) is 0 Å². The molecule has 2 aromatic rings. The molecule has 90 valence electrons. The minimum absolute atomic E-state index is 0.280. The molecule has 0 amide bonds. The average Bonchev–Trinajstić information content (AvgIpc) is 2.40. The van der Waals surface area contributed by atoms with E-state index in [4.69, 9.17) is 4.74 Å². The summed E-state index contributed by atoms with van der Waals surface area (Å²) in [5.41, 5.74) is 0.703. The summed E-state index contributed by atoms with van der Waals surface area (Å²) in [7, 11) is 0. The van der Waals surface area contributed by atoms with Gasteiger partial charge in [-0.25, -0.2) is 0 Å². The molecule has 0 N–H and O–H groups in total. The molecule has 0 aromatic heterocycles. The first-order valence-electron chi connectivity index (χ1n) is 5.82. The summed E-state index contributed by atoms with van der Waals surface area (Å²) in [6.45, 7) is 2.01. The third kappa shape index (κ3) is 2.18. The van der Waals surface area contributed by atoms with Crippen molar-refractivity contribution in [3.63, 3.8) is 0 Å². The van der Waals surface area contributed by atoms with E-state index in [0.717, 1.165) is 10.8 Å². The summed E-state index contributed by atoms with van der Waals surface area (Å²) in [5, 5.41) is 11.1. The summed E-state index contributed by atoms with van der Waals surface area (Å²) >= 11 is 0. The summed E-state index contributed by atoms with van der Waals surface area (Å²) in [5.74, 6) is -1.35. The van der Waals surface area contributed by atoms with Crippen LogP contribution in [-0.4, -0.2) is 12.6 Å². The molecule has 0 spiro atoms. The fraction of sp³-hybridized carbons (Fsp3) is 0.200. The normalized spacial score (nSPS) is 11.8. The number of rotatable bonds is 3. The van der Waals surface area contributed by atoms with Gasteiger partial charge in [0.15, 0.2) is 5.92 Å². The second kappa shape index (κ2) is 5.33. The summed E-state index contributed by atoms with van der Waals surface area (Å²) in [6.07, 6.45) is 0. The number of benzene rings is 2. The van der Waals surface area contributed by atoms with E-state index in [1.807, 2.05) is 42.5 Å². The number of esters is 1. The Hall–Kier alpha value is -2.34. The number of ether oxygens (including phenoxy) is 1. The largest absolute Gasteiger partial charge is 0.465 e. The van der Waals surface area contributed by atoms with Crippen LogP contribution in [0.3, 0.4) is 0 Å². The number of fused-ring (bicyclic) bond motifs is 1. The van der Waals surface area contributed by atoms with Crippen molar-refractivity contribution in [3.8, 4) is 6.07 Å². The standard InChI is InChI=1S/C15H13NO2/c1-2-18-15(17)14(10-16)13-9-5-7-11-6-3-4-8-12(11)13/h3-9,14H,2H2,1H3. The van der Waals surface area contributed by atoms with Gasteiger partial charge in [-0.2, -0.15) is 5.26 Å². The minimum atomic E-state index is -0.865. The van der Waals surface area contributed by atoms with Gasteiger partial charge >= 0.3 is 5.97 Å². The Morgan fingerprint density at radius 1 is 1.28 bits per heavy atom. The topological polar surface area (TPSA) is 50.1 Å². The van der Waals surface area contributed by atoms with Gasteiger partial charge < -0.3 is 4.74 Å². The number of hydrogen-bond acceptors (Lipinski definition) is 3. The van der Waals surface area contributed by atoms with E-state index >= 15 is 0 Å². The highest BCUT2D eigenvalue weighted by atomic mass is 16.5. The smallest absolute Gasteiger partial charge is 0.327 e. The first kappa shape index (κ1) is 12.1. The van der Waals surface area contributed by atoms with Crippen LogP contribution in [0.1, 0.15) is 18.4 Å².